The largest absolute Gasteiger partial charge is 0.507 e. The van der Waals surface area contributed by atoms with Crippen molar-refractivity contribution in [2.24, 2.45) is 0 Å². The molecular formula is C20H17NO2S2. The molecule has 5 heteroatoms. The van der Waals surface area contributed by atoms with Crippen LogP contribution < -0.4 is 0 Å². The molecule has 0 saturated carbocycles. The van der Waals surface area contributed by atoms with Crippen molar-refractivity contribution >= 4 is 40.4 Å². The number of carbonyl (C=O) groups is 1. The fourth-order valence-corrected chi connectivity index (χ4v) is 3.91. The summed E-state index contributed by atoms with van der Waals surface area (Å²) in [6.45, 7) is 3.76. The third-order valence-corrected chi connectivity index (χ3v) is 5.58. The summed E-state index contributed by atoms with van der Waals surface area (Å²) in [4.78, 5) is 18.3. The number of rotatable bonds is 4. The standard InChI is InChI=1S/C20H17NO2S2/c1-13-10-15(11-14(2)18(13)22)8-9-17-12-21-19(24-17)20(23)25-16-6-4-3-5-7-16/h3-12,22H,1-2H3/b9-8+. The van der Waals surface area contributed by atoms with Gasteiger partial charge < -0.3 is 5.11 Å². The zero-order valence-electron chi connectivity index (χ0n) is 13.9. The minimum absolute atomic E-state index is 0.0489. The fraction of sp³-hybridized carbons (Fsp3) is 0.100. The molecule has 0 bridgehead atoms. The van der Waals surface area contributed by atoms with Crippen LogP contribution >= 0.6 is 23.1 Å². The summed E-state index contributed by atoms with van der Waals surface area (Å²) in [6, 6.07) is 13.4. The highest BCUT2D eigenvalue weighted by atomic mass is 32.2. The molecule has 1 heterocycles. The minimum atomic E-state index is -0.0489. The Balaban J connectivity index is 1.72. The number of thioether (sulfide) groups is 1. The van der Waals surface area contributed by atoms with Crippen LogP contribution in [-0.2, 0) is 0 Å². The summed E-state index contributed by atoms with van der Waals surface area (Å²) in [5.74, 6) is 0.334. The highest BCUT2D eigenvalue weighted by Gasteiger charge is 2.12. The molecule has 0 unspecified atom stereocenters. The van der Waals surface area contributed by atoms with E-state index in [4.69, 9.17) is 0 Å². The van der Waals surface area contributed by atoms with Gasteiger partial charge in [-0.25, -0.2) is 4.98 Å². The highest BCUT2D eigenvalue weighted by Crippen LogP contribution is 2.27. The van der Waals surface area contributed by atoms with Gasteiger partial charge in [-0.2, -0.15) is 0 Å². The Labute approximate surface area is 155 Å². The van der Waals surface area contributed by atoms with Gasteiger partial charge in [-0.15, -0.1) is 11.3 Å². The molecule has 1 N–H and O–H groups in total. The SMILES string of the molecule is Cc1cc(/C=C/c2cnc(C(=O)Sc3ccccc3)s2)cc(C)c1O. The molecule has 3 aromatic rings. The second-order valence-corrected chi connectivity index (χ2v) is 7.72. The normalized spacial score (nSPS) is 11.1. The number of thiazole rings is 1. The molecule has 1 aromatic heterocycles. The Kier molecular flexibility index (Phi) is 5.36. The number of phenols is 1. The van der Waals surface area contributed by atoms with Gasteiger partial charge in [0.1, 0.15) is 5.75 Å². The van der Waals surface area contributed by atoms with Gasteiger partial charge >= 0.3 is 0 Å². The highest BCUT2D eigenvalue weighted by molar-refractivity contribution is 8.14. The van der Waals surface area contributed by atoms with E-state index in [0.717, 1.165) is 26.5 Å². The Morgan fingerprint density at radius 2 is 1.80 bits per heavy atom. The van der Waals surface area contributed by atoms with E-state index in [1.165, 1.54) is 23.1 Å². The summed E-state index contributed by atoms with van der Waals surface area (Å²) in [6.07, 6.45) is 5.61. The van der Waals surface area contributed by atoms with Gasteiger partial charge in [-0.05, 0) is 72.6 Å². The van der Waals surface area contributed by atoms with Crippen molar-refractivity contribution < 1.29 is 9.90 Å². The van der Waals surface area contributed by atoms with Crippen LogP contribution in [0.15, 0.2) is 53.6 Å². The minimum Gasteiger partial charge on any atom is -0.507 e. The number of hydrogen-bond donors (Lipinski definition) is 1. The van der Waals surface area contributed by atoms with Gasteiger partial charge in [0, 0.05) is 16.0 Å². The average Bonchev–Trinajstić information content (AvgIpc) is 3.08. The van der Waals surface area contributed by atoms with E-state index in [0.29, 0.717) is 10.8 Å². The quantitative estimate of drug-likeness (QED) is 0.613. The molecular weight excluding hydrogens is 350 g/mol. The third-order valence-electron chi connectivity index (χ3n) is 3.61. The van der Waals surface area contributed by atoms with Crippen LogP contribution in [0.2, 0.25) is 0 Å². The van der Waals surface area contributed by atoms with Gasteiger partial charge in [0.05, 0.1) is 0 Å². The Morgan fingerprint density at radius 3 is 2.48 bits per heavy atom. The summed E-state index contributed by atoms with van der Waals surface area (Å²) in [5.41, 5.74) is 2.70. The molecule has 0 radical (unpaired) electrons. The number of carbonyl (C=O) groups excluding carboxylic acids is 1. The van der Waals surface area contributed by atoms with Crippen LogP contribution in [0.3, 0.4) is 0 Å². The lowest BCUT2D eigenvalue weighted by atomic mass is 10.1. The third kappa shape index (κ3) is 4.38. The maximum Gasteiger partial charge on any atom is 0.252 e. The van der Waals surface area contributed by atoms with Crippen molar-refractivity contribution in [3.05, 3.63) is 75.2 Å². The van der Waals surface area contributed by atoms with Crippen molar-refractivity contribution in [3.63, 3.8) is 0 Å². The molecule has 3 nitrogen and oxygen atoms in total. The van der Waals surface area contributed by atoms with Crippen molar-refractivity contribution in [1.29, 1.82) is 0 Å². The molecule has 0 saturated heterocycles. The molecule has 0 aliphatic carbocycles. The number of aromatic hydroxyl groups is 1. The van der Waals surface area contributed by atoms with Crippen LogP contribution in [0.25, 0.3) is 12.2 Å². The van der Waals surface area contributed by atoms with Gasteiger partial charge in [0.15, 0.2) is 5.01 Å². The second-order valence-electron chi connectivity index (χ2n) is 5.61. The lowest BCUT2D eigenvalue weighted by Gasteiger charge is -2.04. The molecule has 126 valence electrons. The second kappa shape index (κ2) is 7.68. The fourth-order valence-electron chi connectivity index (χ4n) is 2.36. The molecule has 2 aromatic carbocycles. The Hall–Kier alpha value is -2.37. The predicted octanol–water partition coefficient (Wildman–Crippen LogP) is 5.57. The molecule has 0 aliphatic heterocycles. The van der Waals surface area contributed by atoms with Gasteiger partial charge in [-0.3, -0.25) is 4.79 Å². The van der Waals surface area contributed by atoms with E-state index in [9.17, 15) is 9.90 Å². The van der Waals surface area contributed by atoms with Gasteiger partial charge in [-0.1, -0.05) is 24.3 Å². The summed E-state index contributed by atoms with van der Waals surface area (Å²) in [7, 11) is 0. The van der Waals surface area contributed by atoms with E-state index in [1.54, 1.807) is 6.20 Å². The van der Waals surface area contributed by atoms with E-state index in [1.807, 2.05) is 68.5 Å². The zero-order valence-corrected chi connectivity index (χ0v) is 15.5. The van der Waals surface area contributed by atoms with Crippen molar-refractivity contribution in [3.8, 4) is 5.75 Å². The molecule has 3 rings (SSSR count). The van der Waals surface area contributed by atoms with E-state index < -0.39 is 0 Å². The molecule has 0 spiro atoms. The summed E-state index contributed by atoms with van der Waals surface area (Å²) >= 11 is 2.56. The first-order valence-electron chi connectivity index (χ1n) is 7.74. The number of aryl methyl sites for hydroxylation is 2. The number of hydrogen-bond acceptors (Lipinski definition) is 5. The number of nitrogens with zero attached hydrogens (tertiary/aromatic N) is 1. The van der Waals surface area contributed by atoms with Crippen LogP contribution in [-0.4, -0.2) is 15.2 Å². The average molecular weight is 367 g/mol. The molecule has 0 aliphatic rings. The van der Waals surface area contributed by atoms with Gasteiger partial charge in [0.2, 0.25) is 0 Å². The number of benzene rings is 2. The topological polar surface area (TPSA) is 50.2 Å². The summed E-state index contributed by atoms with van der Waals surface area (Å²) in [5, 5.41) is 10.3. The lowest BCUT2D eigenvalue weighted by Crippen LogP contribution is -1.90. The molecule has 0 atom stereocenters. The molecule has 0 amide bonds. The maximum atomic E-state index is 12.3. The van der Waals surface area contributed by atoms with Crippen LogP contribution in [0.1, 0.15) is 31.4 Å². The maximum absolute atomic E-state index is 12.3. The zero-order chi connectivity index (χ0) is 17.8. The molecule has 25 heavy (non-hydrogen) atoms. The van der Waals surface area contributed by atoms with Gasteiger partial charge in [0.25, 0.3) is 5.12 Å². The van der Waals surface area contributed by atoms with E-state index >= 15 is 0 Å². The Bertz CT molecular complexity index is 907. The van der Waals surface area contributed by atoms with E-state index in [-0.39, 0.29) is 5.12 Å². The smallest absolute Gasteiger partial charge is 0.252 e. The van der Waals surface area contributed by atoms with Crippen LogP contribution in [0.4, 0.5) is 0 Å². The predicted molar refractivity (Wildman–Crippen MR) is 105 cm³/mol. The lowest BCUT2D eigenvalue weighted by molar-refractivity contribution is 0.108. The monoisotopic (exact) mass is 367 g/mol. The number of aromatic nitrogens is 1. The van der Waals surface area contributed by atoms with Crippen molar-refractivity contribution in [2.75, 3.05) is 0 Å². The van der Waals surface area contributed by atoms with Crippen LogP contribution in [0, 0.1) is 13.8 Å². The van der Waals surface area contributed by atoms with Crippen molar-refractivity contribution in [2.45, 2.75) is 18.7 Å². The van der Waals surface area contributed by atoms with Crippen LogP contribution in [0.5, 0.6) is 5.75 Å². The van der Waals surface area contributed by atoms with Crippen molar-refractivity contribution in [1.82, 2.24) is 4.98 Å². The Morgan fingerprint density at radius 1 is 1.12 bits per heavy atom. The van der Waals surface area contributed by atoms with E-state index in [2.05, 4.69) is 4.98 Å². The first-order chi connectivity index (χ1) is 12.0. The summed E-state index contributed by atoms with van der Waals surface area (Å²) < 4.78 is 0. The first kappa shape index (κ1) is 17.5. The molecule has 0 fully saturated rings. The number of phenolic OH excluding ortho intramolecular Hbond substituents is 1. The first-order valence-corrected chi connectivity index (χ1v) is 9.37.